The first-order valence-electron chi connectivity index (χ1n) is 8.73. The zero-order chi connectivity index (χ0) is 16.5. The Morgan fingerprint density at radius 1 is 1.29 bits per heavy atom. The highest BCUT2D eigenvalue weighted by atomic mass is 127. The van der Waals surface area contributed by atoms with Gasteiger partial charge in [0.15, 0.2) is 5.96 Å². The van der Waals surface area contributed by atoms with Gasteiger partial charge in [0, 0.05) is 24.8 Å². The highest BCUT2D eigenvalue weighted by Gasteiger charge is 2.31. The summed E-state index contributed by atoms with van der Waals surface area (Å²) in [7, 11) is 1.64. The molecule has 1 fully saturated rings. The van der Waals surface area contributed by atoms with Gasteiger partial charge in [-0.15, -0.1) is 24.0 Å². The van der Waals surface area contributed by atoms with Gasteiger partial charge in [-0.1, -0.05) is 25.8 Å². The van der Waals surface area contributed by atoms with Crippen LogP contribution in [0, 0.1) is 5.41 Å². The first-order chi connectivity index (χ1) is 11.2. The third kappa shape index (κ3) is 5.79. The number of nitrogens with zero attached hydrogens (tertiary/aromatic N) is 2. The van der Waals surface area contributed by atoms with Crippen molar-refractivity contribution in [1.29, 1.82) is 0 Å². The summed E-state index contributed by atoms with van der Waals surface area (Å²) in [6, 6.07) is 3.92. The summed E-state index contributed by atoms with van der Waals surface area (Å²) in [5.41, 5.74) is 1.45. The molecular weight excluding hydrogens is 415 g/mol. The van der Waals surface area contributed by atoms with Crippen molar-refractivity contribution in [3.8, 4) is 5.88 Å². The molecule has 0 atom stereocenters. The maximum absolute atomic E-state index is 5.29. The molecule has 0 saturated heterocycles. The second-order valence-electron chi connectivity index (χ2n) is 6.28. The van der Waals surface area contributed by atoms with Crippen LogP contribution in [0.25, 0.3) is 0 Å². The summed E-state index contributed by atoms with van der Waals surface area (Å²) in [4.78, 5) is 8.92. The first kappa shape index (κ1) is 21.0. The molecule has 1 aromatic rings. The van der Waals surface area contributed by atoms with E-state index in [-0.39, 0.29) is 24.0 Å². The van der Waals surface area contributed by atoms with Crippen LogP contribution in [0.2, 0.25) is 0 Å². The number of guanidine groups is 1. The van der Waals surface area contributed by atoms with Crippen molar-refractivity contribution >= 4 is 29.9 Å². The predicted molar refractivity (Wildman–Crippen MR) is 110 cm³/mol. The molecular formula is C18H31IN4O. The van der Waals surface area contributed by atoms with Crippen LogP contribution in [-0.2, 0) is 6.54 Å². The maximum Gasteiger partial charge on any atom is 0.218 e. The fourth-order valence-electron chi connectivity index (χ4n) is 3.29. The Morgan fingerprint density at radius 3 is 2.67 bits per heavy atom. The Hall–Kier alpha value is -1.05. The Morgan fingerprint density at radius 2 is 2.04 bits per heavy atom. The van der Waals surface area contributed by atoms with Gasteiger partial charge >= 0.3 is 0 Å². The normalized spacial score (nSPS) is 16.4. The van der Waals surface area contributed by atoms with E-state index in [1.807, 2.05) is 12.1 Å². The van der Waals surface area contributed by atoms with Crippen LogP contribution in [0.4, 0.5) is 0 Å². The van der Waals surface area contributed by atoms with E-state index >= 15 is 0 Å². The lowest BCUT2D eigenvalue weighted by Crippen LogP contribution is -2.42. The van der Waals surface area contributed by atoms with Gasteiger partial charge in [0.05, 0.1) is 13.7 Å². The molecule has 2 rings (SSSR count). The molecule has 0 bridgehead atoms. The smallest absolute Gasteiger partial charge is 0.218 e. The zero-order valence-corrected chi connectivity index (χ0v) is 17.4. The molecule has 1 saturated carbocycles. The number of rotatable bonds is 7. The monoisotopic (exact) mass is 446 g/mol. The van der Waals surface area contributed by atoms with E-state index in [2.05, 4.69) is 29.5 Å². The molecule has 24 heavy (non-hydrogen) atoms. The highest BCUT2D eigenvalue weighted by molar-refractivity contribution is 14.0. The van der Waals surface area contributed by atoms with Gasteiger partial charge in [-0.2, -0.15) is 0 Å². The van der Waals surface area contributed by atoms with Gasteiger partial charge in [-0.3, -0.25) is 0 Å². The van der Waals surface area contributed by atoms with Crippen LogP contribution in [0.5, 0.6) is 5.88 Å². The van der Waals surface area contributed by atoms with Crippen molar-refractivity contribution in [3.05, 3.63) is 23.9 Å². The van der Waals surface area contributed by atoms with Crippen LogP contribution >= 0.6 is 24.0 Å². The molecule has 1 aromatic heterocycles. The number of aromatic nitrogens is 1. The molecule has 0 unspecified atom stereocenters. The van der Waals surface area contributed by atoms with Crippen LogP contribution in [0.15, 0.2) is 23.3 Å². The van der Waals surface area contributed by atoms with E-state index in [0.29, 0.717) is 17.8 Å². The average molecular weight is 446 g/mol. The largest absolute Gasteiger partial charge is 0.481 e. The van der Waals surface area contributed by atoms with Gasteiger partial charge in [-0.25, -0.2) is 9.98 Å². The van der Waals surface area contributed by atoms with Gasteiger partial charge in [0.25, 0.3) is 0 Å². The third-order valence-electron chi connectivity index (χ3n) is 4.84. The van der Waals surface area contributed by atoms with Crippen LogP contribution in [0.1, 0.15) is 51.5 Å². The van der Waals surface area contributed by atoms with E-state index in [4.69, 9.17) is 9.73 Å². The number of halogens is 1. The molecule has 5 nitrogen and oxygen atoms in total. The van der Waals surface area contributed by atoms with Crippen molar-refractivity contribution in [2.45, 2.75) is 52.5 Å². The molecule has 1 aliphatic rings. The Kier molecular flexibility index (Phi) is 9.39. The number of pyridine rings is 1. The minimum atomic E-state index is 0. The zero-order valence-electron chi connectivity index (χ0n) is 15.1. The van der Waals surface area contributed by atoms with Gasteiger partial charge in [0.2, 0.25) is 5.88 Å². The second kappa shape index (κ2) is 10.7. The van der Waals surface area contributed by atoms with Crippen LogP contribution < -0.4 is 15.4 Å². The van der Waals surface area contributed by atoms with Crippen molar-refractivity contribution in [2.24, 2.45) is 10.4 Å². The molecule has 0 spiro atoms. The topological polar surface area (TPSA) is 58.5 Å². The van der Waals surface area contributed by atoms with E-state index < -0.39 is 0 Å². The predicted octanol–water partition coefficient (Wildman–Crippen LogP) is 3.73. The Labute approximate surface area is 163 Å². The minimum absolute atomic E-state index is 0. The SMILES string of the molecule is CCNC(=NCc1cccnc1OC)NCC1(CC)CCCC1.I. The number of hydrogen-bond donors (Lipinski definition) is 2. The summed E-state index contributed by atoms with van der Waals surface area (Å²) in [5.74, 6) is 1.52. The van der Waals surface area contributed by atoms with Crippen molar-refractivity contribution in [3.63, 3.8) is 0 Å². The second-order valence-corrected chi connectivity index (χ2v) is 6.28. The summed E-state index contributed by atoms with van der Waals surface area (Å²) < 4.78 is 5.29. The lowest BCUT2D eigenvalue weighted by atomic mass is 9.83. The van der Waals surface area contributed by atoms with E-state index in [9.17, 15) is 0 Å². The molecule has 2 N–H and O–H groups in total. The highest BCUT2D eigenvalue weighted by Crippen LogP contribution is 2.40. The molecule has 0 amide bonds. The number of nitrogens with one attached hydrogen (secondary N) is 2. The van der Waals surface area contributed by atoms with Gasteiger partial charge in [0.1, 0.15) is 0 Å². The van der Waals surface area contributed by atoms with Crippen LogP contribution in [-0.4, -0.2) is 31.1 Å². The fraction of sp³-hybridized carbons (Fsp3) is 0.667. The molecule has 136 valence electrons. The van der Waals surface area contributed by atoms with E-state index in [0.717, 1.165) is 24.6 Å². The summed E-state index contributed by atoms with van der Waals surface area (Å²) in [5, 5.41) is 6.87. The Balaban J connectivity index is 0.00000288. The lowest BCUT2D eigenvalue weighted by Gasteiger charge is -2.28. The van der Waals surface area contributed by atoms with E-state index in [1.54, 1.807) is 13.3 Å². The minimum Gasteiger partial charge on any atom is -0.481 e. The molecule has 0 aromatic carbocycles. The quantitative estimate of drug-likeness (QED) is 0.381. The van der Waals surface area contributed by atoms with Crippen LogP contribution in [0.3, 0.4) is 0 Å². The summed E-state index contributed by atoms with van der Waals surface area (Å²) >= 11 is 0. The number of methoxy groups -OCH3 is 1. The lowest BCUT2D eigenvalue weighted by molar-refractivity contribution is 0.283. The number of hydrogen-bond acceptors (Lipinski definition) is 3. The number of aliphatic imine (C=N–C) groups is 1. The van der Waals surface area contributed by atoms with Crippen molar-refractivity contribution in [1.82, 2.24) is 15.6 Å². The van der Waals surface area contributed by atoms with Crippen molar-refractivity contribution < 1.29 is 4.74 Å². The molecule has 0 aliphatic heterocycles. The standard InChI is InChI=1S/C18H30N4O.HI/c1-4-18(10-6-7-11-18)14-22-17(19-5-2)21-13-15-9-8-12-20-16(15)23-3;/h8-9,12H,4-7,10-11,13-14H2,1-3H3,(H2,19,21,22);1H. The van der Waals surface area contributed by atoms with Crippen molar-refractivity contribution in [2.75, 3.05) is 20.2 Å². The van der Waals surface area contributed by atoms with Gasteiger partial charge < -0.3 is 15.4 Å². The molecule has 0 radical (unpaired) electrons. The van der Waals surface area contributed by atoms with Gasteiger partial charge in [-0.05, 0) is 37.7 Å². The molecule has 6 heteroatoms. The molecule has 1 aliphatic carbocycles. The van der Waals surface area contributed by atoms with E-state index in [1.165, 1.54) is 32.1 Å². The fourth-order valence-corrected chi connectivity index (χ4v) is 3.29. The molecule has 1 heterocycles. The summed E-state index contributed by atoms with van der Waals surface area (Å²) in [6.45, 7) is 6.81. The summed E-state index contributed by atoms with van der Waals surface area (Å²) in [6.07, 6.45) is 8.33. The average Bonchev–Trinajstić information content (AvgIpc) is 3.07. The Bertz CT molecular complexity index is 515. The number of ether oxygens (including phenoxy) is 1. The first-order valence-corrected chi connectivity index (χ1v) is 8.73. The maximum atomic E-state index is 5.29. The third-order valence-corrected chi connectivity index (χ3v) is 4.84.